The summed E-state index contributed by atoms with van der Waals surface area (Å²) < 4.78 is 39.7. The summed E-state index contributed by atoms with van der Waals surface area (Å²) in [6, 6.07) is 11.3. The van der Waals surface area contributed by atoms with E-state index >= 15 is 0 Å². The van der Waals surface area contributed by atoms with Crippen molar-refractivity contribution < 1.29 is 22.8 Å². The lowest BCUT2D eigenvalue weighted by atomic mass is 10.1. The number of alkyl halides is 3. The molecule has 0 saturated carbocycles. The van der Waals surface area contributed by atoms with Crippen molar-refractivity contribution in [1.82, 2.24) is 4.90 Å². The Morgan fingerprint density at radius 2 is 1.68 bits per heavy atom. The molecular formula is C17H14BrF3N2O2. The Bertz CT molecular complexity index is 793. The van der Waals surface area contributed by atoms with E-state index < -0.39 is 29.1 Å². The molecule has 0 bridgehead atoms. The van der Waals surface area contributed by atoms with Crippen molar-refractivity contribution in [3.8, 4) is 0 Å². The molecule has 0 atom stereocenters. The zero-order chi connectivity index (χ0) is 18.6. The van der Waals surface area contributed by atoms with Crippen LogP contribution in [0, 0.1) is 0 Å². The highest BCUT2D eigenvalue weighted by Crippen LogP contribution is 2.32. The number of halogens is 4. The van der Waals surface area contributed by atoms with Gasteiger partial charge < -0.3 is 10.2 Å². The largest absolute Gasteiger partial charge is 0.417 e. The average molecular weight is 415 g/mol. The molecule has 0 saturated heterocycles. The maximum atomic E-state index is 13.0. The number of anilines is 1. The second kappa shape index (κ2) is 7.69. The molecule has 25 heavy (non-hydrogen) atoms. The van der Waals surface area contributed by atoms with Gasteiger partial charge in [-0.1, -0.05) is 24.3 Å². The maximum Gasteiger partial charge on any atom is 0.417 e. The van der Waals surface area contributed by atoms with E-state index in [4.69, 9.17) is 0 Å². The van der Waals surface area contributed by atoms with Crippen LogP contribution in [-0.4, -0.2) is 30.3 Å². The molecule has 0 aromatic heterocycles. The highest BCUT2D eigenvalue weighted by Gasteiger charge is 2.35. The Morgan fingerprint density at radius 3 is 2.32 bits per heavy atom. The van der Waals surface area contributed by atoms with Gasteiger partial charge in [-0.2, -0.15) is 13.2 Å². The number of amides is 2. The molecule has 0 aliphatic carbocycles. The van der Waals surface area contributed by atoms with Gasteiger partial charge in [0.2, 0.25) is 5.91 Å². The van der Waals surface area contributed by atoms with Crippen molar-refractivity contribution >= 4 is 33.4 Å². The van der Waals surface area contributed by atoms with Crippen LogP contribution in [0.25, 0.3) is 0 Å². The van der Waals surface area contributed by atoms with Gasteiger partial charge >= 0.3 is 6.18 Å². The molecule has 0 heterocycles. The van der Waals surface area contributed by atoms with E-state index in [9.17, 15) is 22.8 Å². The summed E-state index contributed by atoms with van der Waals surface area (Å²) in [5, 5.41) is 2.59. The number of carbonyl (C=O) groups excluding carboxylic acids is 2. The normalized spacial score (nSPS) is 11.1. The molecule has 4 nitrogen and oxygen atoms in total. The Hall–Kier alpha value is -2.35. The smallest absolute Gasteiger partial charge is 0.332 e. The Balaban J connectivity index is 2.11. The predicted molar refractivity (Wildman–Crippen MR) is 91.2 cm³/mol. The molecule has 0 aliphatic heterocycles. The van der Waals surface area contributed by atoms with Crippen molar-refractivity contribution in [2.75, 3.05) is 18.9 Å². The van der Waals surface area contributed by atoms with Crippen LogP contribution >= 0.6 is 15.9 Å². The summed E-state index contributed by atoms with van der Waals surface area (Å²) in [6.45, 7) is -0.383. The second-order valence-corrected chi connectivity index (χ2v) is 6.09. The fourth-order valence-corrected chi connectivity index (χ4v) is 2.55. The Morgan fingerprint density at radius 1 is 1.08 bits per heavy atom. The number of nitrogens with one attached hydrogen (secondary N) is 1. The lowest BCUT2D eigenvalue weighted by Gasteiger charge is -2.19. The molecule has 2 amide bonds. The topological polar surface area (TPSA) is 49.4 Å². The van der Waals surface area contributed by atoms with Gasteiger partial charge in [0, 0.05) is 11.5 Å². The molecule has 2 rings (SSSR count). The molecule has 2 aromatic rings. The number of para-hydroxylation sites is 1. The first-order valence-corrected chi connectivity index (χ1v) is 7.95. The van der Waals surface area contributed by atoms with E-state index in [0.717, 1.165) is 17.0 Å². The highest BCUT2D eigenvalue weighted by atomic mass is 79.9. The molecule has 1 N–H and O–H groups in total. The summed E-state index contributed by atoms with van der Waals surface area (Å²) in [5.74, 6) is -1.40. The van der Waals surface area contributed by atoms with Gasteiger partial charge in [0.1, 0.15) is 0 Å². The van der Waals surface area contributed by atoms with E-state index in [1.54, 1.807) is 24.3 Å². The molecule has 8 heteroatoms. The van der Waals surface area contributed by atoms with Crippen LogP contribution in [0.15, 0.2) is 53.0 Å². The fourth-order valence-electron chi connectivity index (χ4n) is 2.16. The lowest BCUT2D eigenvalue weighted by molar-refractivity contribution is -0.138. The van der Waals surface area contributed by atoms with Crippen molar-refractivity contribution in [3.05, 3.63) is 64.1 Å². The van der Waals surface area contributed by atoms with Crippen LogP contribution in [0.4, 0.5) is 18.9 Å². The molecule has 0 spiro atoms. The molecule has 0 unspecified atom stereocenters. The van der Waals surface area contributed by atoms with Gasteiger partial charge in [0.15, 0.2) is 0 Å². The van der Waals surface area contributed by atoms with E-state index in [1.807, 2.05) is 0 Å². The minimum Gasteiger partial charge on any atom is -0.332 e. The van der Waals surface area contributed by atoms with Crippen molar-refractivity contribution in [3.63, 3.8) is 0 Å². The van der Waals surface area contributed by atoms with Crippen LogP contribution in [0.1, 0.15) is 15.9 Å². The molecule has 2 aromatic carbocycles. The summed E-state index contributed by atoms with van der Waals surface area (Å²) in [6.07, 6.45) is -4.65. The molecule has 0 fully saturated rings. The van der Waals surface area contributed by atoms with Crippen LogP contribution in [0.5, 0.6) is 0 Å². The first kappa shape index (κ1) is 19.0. The van der Waals surface area contributed by atoms with E-state index in [-0.39, 0.29) is 6.54 Å². The van der Waals surface area contributed by atoms with Crippen LogP contribution < -0.4 is 5.32 Å². The number of likely N-dealkylation sites (N-methyl/N-ethyl adjacent to an activating group) is 1. The lowest BCUT2D eigenvalue weighted by Crippen LogP contribution is -2.35. The highest BCUT2D eigenvalue weighted by molar-refractivity contribution is 9.10. The van der Waals surface area contributed by atoms with E-state index in [1.165, 1.54) is 19.2 Å². The second-order valence-electron chi connectivity index (χ2n) is 5.23. The summed E-state index contributed by atoms with van der Waals surface area (Å²) in [7, 11) is 1.27. The molecule has 0 aliphatic rings. The average Bonchev–Trinajstić information content (AvgIpc) is 2.55. The summed E-state index contributed by atoms with van der Waals surface area (Å²) in [4.78, 5) is 25.3. The maximum absolute atomic E-state index is 13.0. The standard InChI is InChI=1S/C17H14BrF3N2O2/c1-23(10-15(24)22-14-9-5-4-8-13(14)18)16(25)11-6-2-3-7-12(11)17(19,20)21/h2-9H,10H2,1H3,(H,22,24). The third kappa shape index (κ3) is 4.82. The number of nitrogens with zero attached hydrogens (tertiary/aromatic N) is 1. The Kier molecular flexibility index (Phi) is 5.84. The van der Waals surface area contributed by atoms with Crippen molar-refractivity contribution in [2.24, 2.45) is 0 Å². The monoisotopic (exact) mass is 414 g/mol. The number of benzene rings is 2. The minimum atomic E-state index is -4.65. The van der Waals surface area contributed by atoms with Gasteiger partial charge in [-0.05, 0) is 40.2 Å². The van der Waals surface area contributed by atoms with Crippen molar-refractivity contribution in [1.29, 1.82) is 0 Å². The SMILES string of the molecule is CN(CC(=O)Nc1ccccc1Br)C(=O)c1ccccc1C(F)(F)F. The predicted octanol–water partition coefficient (Wildman–Crippen LogP) is 4.18. The van der Waals surface area contributed by atoms with Crippen LogP contribution in [0.3, 0.4) is 0 Å². The zero-order valence-corrected chi connectivity index (χ0v) is 14.7. The van der Waals surface area contributed by atoms with E-state index in [2.05, 4.69) is 21.2 Å². The fraction of sp³-hybridized carbons (Fsp3) is 0.176. The van der Waals surface area contributed by atoms with Crippen molar-refractivity contribution in [2.45, 2.75) is 6.18 Å². The first-order chi connectivity index (χ1) is 11.7. The third-order valence-corrected chi connectivity index (χ3v) is 4.03. The Labute approximate surface area is 150 Å². The molecular weight excluding hydrogens is 401 g/mol. The van der Waals surface area contributed by atoms with E-state index in [0.29, 0.717) is 10.2 Å². The molecule has 0 radical (unpaired) electrons. The summed E-state index contributed by atoms with van der Waals surface area (Å²) in [5.41, 5.74) is -1.02. The van der Waals surface area contributed by atoms with Gasteiger partial charge in [-0.3, -0.25) is 9.59 Å². The third-order valence-electron chi connectivity index (χ3n) is 3.34. The van der Waals surface area contributed by atoms with Gasteiger partial charge in [-0.15, -0.1) is 0 Å². The quantitative estimate of drug-likeness (QED) is 0.815. The number of rotatable bonds is 4. The number of carbonyl (C=O) groups is 2. The van der Waals surface area contributed by atoms with Crippen LogP contribution in [0.2, 0.25) is 0 Å². The minimum absolute atomic E-state index is 0.383. The van der Waals surface area contributed by atoms with Crippen LogP contribution in [-0.2, 0) is 11.0 Å². The number of hydrogen-bond acceptors (Lipinski definition) is 2. The van der Waals surface area contributed by atoms with Gasteiger partial charge in [-0.25, -0.2) is 0 Å². The molecule has 132 valence electrons. The van der Waals surface area contributed by atoms with Gasteiger partial charge in [0.25, 0.3) is 5.91 Å². The first-order valence-electron chi connectivity index (χ1n) is 7.16. The van der Waals surface area contributed by atoms with Gasteiger partial charge in [0.05, 0.1) is 23.4 Å². The zero-order valence-electron chi connectivity index (χ0n) is 13.1. The number of hydrogen-bond donors (Lipinski definition) is 1. The summed E-state index contributed by atoms with van der Waals surface area (Å²) >= 11 is 3.27.